The van der Waals surface area contributed by atoms with Crippen LogP contribution in [0.25, 0.3) is 22.6 Å². The van der Waals surface area contributed by atoms with Crippen LogP contribution in [0.1, 0.15) is 42.6 Å². The van der Waals surface area contributed by atoms with E-state index in [0.29, 0.717) is 29.0 Å². The van der Waals surface area contributed by atoms with Crippen LogP contribution >= 0.6 is 11.6 Å². The molecule has 128 valence electrons. The molecular weight excluding hydrogens is 336 g/mol. The van der Waals surface area contributed by atoms with Gasteiger partial charge in [0.15, 0.2) is 10.8 Å². The van der Waals surface area contributed by atoms with Gasteiger partial charge >= 0.3 is 0 Å². The second kappa shape index (κ2) is 5.78. The zero-order chi connectivity index (χ0) is 17.0. The Morgan fingerprint density at radius 1 is 1.12 bits per heavy atom. The van der Waals surface area contributed by atoms with Crippen molar-refractivity contribution in [2.24, 2.45) is 0 Å². The molecule has 1 aliphatic heterocycles. The molecule has 5 nitrogen and oxygen atoms in total. The summed E-state index contributed by atoms with van der Waals surface area (Å²) in [7, 11) is 0. The molecule has 0 N–H and O–H groups in total. The summed E-state index contributed by atoms with van der Waals surface area (Å²) in [5.41, 5.74) is 4.05. The van der Waals surface area contributed by atoms with Crippen LogP contribution in [-0.4, -0.2) is 32.7 Å². The highest BCUT2D eigenvalue weighted by Crippen LogP contribution is 2.45. The second-order valence-corrected chi connectivity index (χ2v) is 7.28. The zero-order valence-corrected chi connectivity index (χ0v) is 14.8. The first-order chi connectivity index (χ1) is 12.2. The number of halogens is 1. The van der Waals surface area contributed by atoms with Gasteiger partial charge in [0.1, 0.15) is 17.2 Å². The van der Waals surface area contributed by atoms with Gasteiger partial charge in [-0.25, -0.2) is 15.0 Å². The van der Waals surface area contributed by atoms with E-state index in [9.17, 15) is 0 Å². The molecule has 1 aromatic carbocycles. The molecule has 0 radical (unpaired) electrons. The van der Waals surface area contributed by atoms with Gasteiger partial charge in [-0.05, 0) is 37.7 Å². The summed E-state index contributed by atoms with van der Waals surface area (Å²) >= 11 is 6.40. The number of imidazole rings is 1. The number of rotatable bonds is 3. The van der Waals surface area contributed by atoms with Gasteiger partial charge in [0.25, 0.3) is 0 Å². The number of ether oxygens (including phenoxy) is 1. The van der Waals surface area contributed by atoms with Crippen LogP contribution in [0, 0.1) is 6.92 Å². The third-order valence-corrected chi connectivity index (χ3v) is 5.36. The highest BCUT2D eigenvalue weighted by Gasteiger charge is 2.31. The fourth-order valence-electron chi connectivity index (χ4n) is 3.76. The van der Waals surface area contributed by atoms with E-state index < -0.39 is 0 Å². The largest absolute Gasteiger partial charge is 0.379 e. The number of nitrogens with zero attached hydrogens (tertiary/aromatic N) is 4. The van der Waals surface area contributed by atoms with Gasteiger partial charge in [0.05, 0.1) is 12.6 Å². The molecular formula is C19H19ClN4O. The standard InChI is InChI=1S/C19H19ClN4O/c1-11-21-17(20)16-19(22-11)24(13-8-9-25-10-13)18(23-16)15-5-3-2-4-14(15)12-6-7-12/h2-5,12-13H,6-10H2,1H3. The van der Waals surface area contributed by atoms with Crippen molar-refractivity contribution in [2.45, 2.75) is 38.1 Å². The SMILES string of the molecule is Cc1nc(Cl)c2nc(-c3ccccc3C3CC3)n(C3CCOC3)c2n1. The fourth-order valence-corrected chi connectivity index (χ4v) is 4.00. The quantitative estimate of drug-likeness (QED) is 0.658. The lowest BCUT2D eigenvalue weighted by atomic mass is 10.0. The van der Waals surface area contributed by atoms with E-state index in [-0.39, 0.29) is 6.04 Å². The van der Waals surface area contributed by atoms with Crippen LogP contribution in [0.4, 0.5) is 0 Å². The van der Waals surface area contributed by atoms with Gasteiger partial charge < -0.3 is 9.30 Å². The smallest absolute Gasteiger partial charge is 0.165 e. The molecule has 3 heterocycles. The summed E-state index contributed by atoms with van der Waals surface area (Å²) in [6.45, 7) is 3.32. The maximum atomic E-state index is 6.40. The van der Waals surface area contributed by atoms with Crippen molar-refractivity contribution in [3.8, 4) is 11.4 Å². The number of hydrogen-bond donors (Lipinski definition) is 0. The summed E-state index contributed by atoms with van der Waals surface area (Å²) in [6, 6.07) is 8.81. The lowest BCUT2D eigenvalue weighted by Gasteiger charge is -2.16. The molecule has 6 heteroatoms. The predicted molar refractivity (Wildman–Crippen MR) is 97.0 cm³/mol. The molecule has 3 aromatic rings. The van der Waals surface area contributed by atoms with Crippen molar-refractivity contribution in [1.29, 1.82) is 0 Å². The van der Waals surface area contributed by atoms with E-state index in [2.05, 4.69) is 38.8 Å². The Bertz CT molecular complexity index is 957. The molecule has 1 saturated carbocycles. The van der Waals surface area contributed by atoms with Gasteiger partial charge in [-0.15, -0.1) is 0 Å². The van der Waals surface area contributed by atoms with Crippen molar-refractivity contribution >= 4 is 22.8 Å². The summed E-state index contributed by atoms with van der Waals surface area (Å²) < 4.78 is 7.87. The lowest BCUT2D eigenvalue weighted by molar-refractivity contribution is 0.187. The number of aromatic nitrogens is 4. The molecule has 1 atom stereocenters. The maximum absolute atomic E-state index is 6.40. The van der Waals surface area contributed by atoms with Crippen molar-refractivity contribution < 1.29 is 4.74 Å². The Morgan fingerprint density at radius 2 is 1.96 bits per heavy atom. The average molecular weight is 355 g/mol. The topological polar surface area (TPSA) is 52.8 Å². The van der Waals surface area contributed by atoms with Gasteiger partial charge in [-0.2, -0.15) is 0 Å². The van der Waals surface area contributed by atoms with Gasteiger partial charge in [-0.3, -0.25) is 0 Å². The van der Waals surface area contributed by atoms with Crippen molar-refractivity contribution in [3.05, 3.63) is 40.8 Å². The van der Waals surface area contributed by atoms with Crippen LogP contribution in [0.5, 0.6) is 0 Å². The van der Waals surface area contributed by atoms with E-state index in [4.69, 9.17) is 21.3 Å². The van der Waals surface area contributed by atoms with Crippen molar-refractivity contribution in [2.75, 3.05) is 13.2 Å². The van der Waals surface area contributed by atoms with Crippen LogP contribution in [-0.2, 0) is 4.74 Å². The van der Waals surface area contributed by atoms with Crippen LogP contribution < -0.4 is 0 Å². The number of hydrogen-bond acceptors (Lipinski definition) is 4. The number of fused-ring (bicyclic) bond motifs is 1. The highest BCUT2D eigenvalue weighted by molar-refractivity contribution is 6.33. The van der Waals surface area contributed by atoms with E-state index in [1.54, 1.807) is 0 Å². The molecule has 2 aliphatic rings. The van der Waals surface area contributed by atoms with Crippen molar-refractivity contribution in [1.82, 2.24) is 19.5 Å². The Labute approximate surface area is 151 Å². The zero-order valence-electron chi connectivity index (χ0n) is 14.1. The normalized spacial score (nSPS) is 20.5. The maximum Gasteiger partial charge on any atom is 0.165 e. The molecule has 0 bridgehead atoms. The Balaban J connectivity index is 1.80. The predicted octanol–water partition coefficient (Wildman–Crippen LogP) is 4.29. The fraction of sp³-hybridized carbons (Fsp3) is 0.421. The Hall–Kier alpha value is -1.98. The van der Waals surface area contributed by atoms with Gasteiger partial charge in [-0.1, -0.05) is 35.9 Å². The van der Waals surface area contributed by atoms with Gasteiger partial charge in [0.2, 0.25) is 0 Å². The average Bonchev–Trinajstić information content (AvgIpc) is 3.17. The van der Waals surface area contributed by atoms with E-state index in [0.717, 1.165) is 24.5 Å². The van der Waals surface area contributed by atoms with E-state index in [1.807, 2.05) is 6.92 Å². The van der Waals surface area contributed by atoms with E-state index >= 15 is 0 Å². The molecule has 0 amide bonds. The summed E-state index contributed by atoms with van der Waals surface area (Å²) in [4.78, 5) is 13.8. The molecule has 1 unspecified atom stereocenters. The van der Waals surface area contributed by atoms with Crippen molar-refractivity contribution in [3.63, 3.8) is 0 Å². The molecule has 1 saturated heterocycles. The van der Waals surface area contributed by atoms with Crippen LogP contribution in [0.3, 0.4) is 0 Å². The van der Waals surface area contributed by atoms with E-state index in [1.165, 1.54) is 24.0 Å². The second-order valence-electron chi connectivity index (χ2n) is 6.92. The summed E-state index contributed by atoms with van der Waals surface area (Å²) in [5.74, 6) is 2.25. The third-order valence-electron chi connectivity index (χ3n) is 5.10. The first kappa shape index (κ1) is 15.3. The Kier molecular flexibility index (Phi) is 3.54. The molecule has 2 fully saturated rings. The number of aryl methyl sites for hydroxylation is 1. The van der Waals surface area contributed by atoms with Crippen LogP contribution in [0.15, 0.2) is 24.3 Å². The van der Waals surface area contributed by atoms with Crippen LogP contribution in [0.2, 0.25) is 5.15 Å². The molecule has 0 spiro atoms. The first-order valence-corrected chi connectivity index (χ1v) is 9.19. The minimum atomic E-state index is 0.234. The Morgan fingerprint density at radius 3 is 2.72 bits per heavy atom. The lowest BCUT2D eigenvalue weighted by Crippen LogP contribution is -2.12. The number of benzene rings is 1. The highest BCUT2D eigenvalue weighted by atomic mass is 35.5. The van der Waals surface area contributed by atoms with Gasteiger partial charge in [0, 0.05) is 12.2 Å². The molecule has 1 aliphatic carbocycles. The third kappa shape index (κ3) is 2.53. The molecule has 2 aromatic heterocycles. The summed E-state index contributed by atoms with van der Waals surface area (Å²) in [5, 5.41) is 0.422. The molecule has 5 rings (SSSR count). The molecule has 25 heavy (non-hydrogen) atoms. The minimum absolute atomic E-state index is 0.234. The summed E-state index contributed by atoms with van der Waals surface area (Å²) in [6.07, 6.45) is 3.47. The first-order valence-electron chi connectivity index (χ1n) is 8.81. The monoisotopic (exact) mass is 354 g/mol. The minimum Gasteiger partial charge on any atom is -0.379 e.